The maximum Gasteiger partial charge on any atom is 0.237 e. The highest BCUT2D eigenvalue weighted by atomic mass is 19.1. The van der Waals surface area contributed by atoms with Crippen LogP contribution in [0.1, 0.15) is 31.4 Å². The predicted octanol–water partition coefficient (Wildman–Crippen LogP) is 1.75. The molecule has 0 aromatic heterocycles. The zero-order valence-corrected chi connectivity index (χ0v) is 9.87. The van der Waals surface area contributed by atoms with Crippen LogP contribution in [0.4, 0.5) is 4.39 Å². The summed E-state index contributed by atoms with van der Waals surface area (Å²) in [6.07, 6.45) is 1.91. The van der Waals surface area contributed by atoms with Crippen LogP contribution in [0.2, 0.25) is 0 Å². The van der Waals surface area contributed by atoms with E-state index >= 15 is 0 Å². The molecule has 2 N–H and O–H groups in total. The van der Waals surface area contributed by atoms with Crippen LogP contribution in [0.5, 0.6) is 0 Å². The Morgan fingerprint density at radius 1 is 1.59 bits per heavy atom. The SMILES string of the molecule is C[C@@H](NC(=O)[C@H]1CCCN1)c1cccc(F)c1. The summed E-state index contributed by atoms with van der Waals surface area (Å²) >= 11 is 0. The molecule has 1 aliphatic heterocycles. The largest absolute Gasteiger partial charge is 0.348 e. The highest BCUT2D eigenvalue weighted by Gasteiger charge is 2.23. The molecular formula is C13H17FN2O. The van der Waals surface area contributed by atoms with Gasteiger partial charge >= 0.3 is 0 Å². The zero-order chi connectivity index (χ0) is 12.3. The Kier molecular flexibility index (Phi) is 3.74. The van der Waals surface area contributed by atoms with Crippen LogP contribution in [0.3, 0.4) is 0 Å². The summed E-state index contributed by atoms with van der Waals surface area (Å²) < 4.78 is 13.0. The van der Waals surface area contributed by atoms with Crippen molar-refractivity contribution in [1.29, 1.82) is 0 Å². The van der Waals surface area contributed by atoms with Crippen LogP contribution < -0.4 is 10.6 Å². The second kappa shape index (κ2) is 5.27. The van der Waals surface area contributed by atoms with Gasteiger partial charge in [-0.15, -0.1) is 0 Å². The van der Waals surface area contributed by atoms with Gasteiger partial charge in [0, 0.05) is 0 Å². The lowest BCUT2D eigenvalue weighted by atomic mass is 10.1. The van der Waals surface area contributed by atoms with Gasteiger partial charge in [-0.05, 0) is 44.0 Å². The van der Waals surface area contributed by atoms with Gasteiger partial charge in [0.1, 0.15) is 5.82 Å². The Morgan fingerprint density at radius 2 is 2.41 bits per heavy atom. The van der Waals surface area contributed by atoms with E-state index in [1.807, 2.05) is 13.0 Å². The van der Waals surface area contributed by atoms with Crippen molar-refractivity contribution < 1.29 is 9.18 Å². The Bertz CT molecular complexity index is 402. The van der Waals surface area contributed by atoms with Crippen LogP contribution in [0, 0.1) is 5.82 Å². The first-order chi connectivity index (χ1) is 8.16. The summed E-state index contributed by atoms with van der Waals surface area (Å²) in [7, 11) is 0. The minimum absolute atomic E-state index is 0.000684. The molecule has 1 aromatic carbocycles. The van der Waals surface area contributed by atoms with E-state index in [0.717, 1.165) is 24.9 Å². The molecule has 1 aromatic rings. The maximum absolute atomic E-state index is 13.0. The quantitative estimate of drug-likeness (QED) is 0.839. The highest BCUT2D eigenvalue weighted by Crippen LogP contribution is 2.14. The van der Waals surface area contributed by atoms with Gasteiger partial charge in [0.05, 0.1) is 12.1 Å². The van der Waals surface area contributed by atoms with E-state index in [1.165, 1.54) is 12.1 Å². The van der Waals surface area contributed by atoms with Crippen molar-refractivity contribution in [2.24, 2.45) is 0 Å². The summed E-state index contributed by atoms with van der Waals surface area (Å²) in [5.74, 6) is -0.276. The molecule has 1 fully saturated rings. The molecular weight excluding hydrogens is 219 g/mol. The number of benzene rings is 1. The van der Waals surface area contributed by atoms with Crippen molar-refractivity contribution in [3.8, 4) is 0 Å². The van der Waals surface area contributed by atoms with E-state index in [2.05, 4.69) is 10.6 Å². The lowest BCUT2D eigenvalue weighted by Crippen LogP contribution is -2.41. The van der Waals surface area contributed by atoms with E-state index in [4.69, 9.17) is 0 Å². The first-order valence-corrected chi connectivity index (χ1v) is 5.96. The van der Waals surface area contributed by atoms with Gasteiger partial charge in [-0.1, -0.05) is 12.1 Å². The summed E-state index contributed by atoms with van der Waals surface area (Å²) in [6.45, 7) is 2.76. The number of halogens is 1. The molecule has 0 radical (unpaired) electrons. The standard InChI is InChI=1S/C13H17FN2O/c1-9(10-4-2-5-11(14)8-10)16-13(17)12-6-3-7-15-12/h2,4-5,8-9,12,15H,3,6-7H2,1H3,(H,16,17)/t9-,12-/m1/s1. The topological polar surface area (TPSA) is 41.1 Å². The fourth-order valence-electron chi connectivity index (χ4n) is 2.08. The smallest absolute Gasteiger partial charge is 0.237 e. The maximum atomic E-state index is 13.0. The minimum Gasteiger partial charge on any atom is -0.348 e. The molecule has 2 rings (SSSR count). The fraction of sp³-hybridized carbons (Fsp3) is 0.462. The second-order valence-corrected chi connectivity index (χ2v) is 4.43. The second-order valence-electron chi connectivity index (χ2n) is 4.43. The normalized spacial score (nSPS) is 21.2. The first-order valence-electron chi connectivity index (χ1n) is 5.96. The van der Waals surface area contributed by atoms with Crippen molar-refractivity contribution in [1.82, 2.24) is 10.6 Å². The van der Waals surface area contributed by atoms with Gasteiger partial charge in [-0.25, -0.2) is 4.39 Å². The van der Waals surface area contributed by atoms with Gasteiger partial charge in [0.2, 0.25) is 5.91 Å². The summed E-state index contributed by atoms with van der Waals surface area (Å²) in [5, 5.41) is 6.04. The monoisotopic (exact) mass is 236 g/mol. The molecule has 17 heavy (non-hydrogen) atoms. The van der Waals surface area contributed by atoms with Gasteiger partial charge in [-0.3, -0.25) is 4.79 Å². The van der Waals surface area contributed by atoms with Crippen LogP contribution in [0.25, 0.3) is 0 Å². The first kappa shape index (κ1) is 12.0. The molecule has 1 heterocycles. The Balaban J connectivity index is 1.96. The third-order valence-electron chi connectivity index (χ3n) is 3.08. The highest BCUT2D eigenvalue weighted by molar-refractivity contribution is 5.82. The van der Waals surface area contributed by atoms with E-state index < -0.39 is 0 Å². The average Bonchev–Trinajstić information content (AvgIpc) is 2.82. The van der Waals surface area contributed by atoms with Crippen molar-refractivity contribution >= 4 is 5.91 Å². The molecule has 1 saturated heterocycles. The molecule has 0 saturated carbocycles. The van der Waals surface area contributed by atoms with Crippen LogP contribution in [-0.4, -0.2) is 18.5 Å². The Morgan fingerprint density at radius 3 is 3.06 bits per heavy atom. The molecule has 0 spiro atoms. The van der Waals surface area contributed by atoms with Crippen LogP contribution in [0.15, 0.2) is 24.3 Å². The molecule has 92 valence electrons. The lowest BCUT2D eigenvalue weighted by Gasteiger charge is -2.17. The number of nitrogens with one attached hydrogen (secondary N) is 2. The van der Waals surface area contributed by atoms with Gasteiger partial charge < -0.3 is 10.6 Å². The number of hydrogen-bond donors (Lipinski definition) is 2. The minimum atomic E-state index is -0.275. The number of amides is 1. The van der Waals surface area contributed by atoms with E-state index in [1.54, 1.807) is 6.07 Å². The van der Waals surface area contributed by atoms with Crippen molar-refractivity contribution in [3.63, 3.8) is 0 Å². The van der Waals surface area contributed by atoms with E-state index in [9.17, 15) is 9.18 Å². The predicted molar refractivity (Wildman–Crippen MR) is 64.0 cm³/mol. The molecule has 4 heteroatoms. The van der Waals surface area contributed by atoms with Gasteiger partial charge in [-0.2, -0.15) is 0 Å². The van der Waals surface area contributed by atoms with Crippen molar-refractivity contribution in [2.45, 2.75) is 31.8 Å². The number of carbonyl (C=O) groups is 1. The third-order valence-corrected chi connectivity index (χ3v) is 3.08. The molecule has 3 nitrogen and oxygen atoms in total. The molecule has 2 atom stereocenters. The van der Waals surface area contributed by atoms with Gasteiger partial charge in [0.25, 0.3) is 0 Å². The Labute approximate surface area is 100 Å². The van der Waals surface area contributed by atoms with Crippen molar-refractivity contribution in [2.75, 3.05) is 6.54 Å². The molecule has 1 amide bonds. The van der Waals surface area contributed by atoms with Crippen LogP contribution in [-0.2, 0) is 4.79 Å². The third kappa shape index (κ3) is 3.03. The molecule has 0 bridgehead atoms. The molecule has 0 aliphatic carbocycles. The van der Waals surface area contributed by atoms with E-state index in [-0.39, 0.29) is 23.8 Å². The number of rotatable bonds is 3. The average molecular weight is 236 g/mol. The number of hydrogen-bond acceptors (Lipinski definition) is 2. The molecule has 0 unspecified atom stereocenters. The Hall–Kier alpha value is -1.42. The van der Waals surface area contributed by atoms with E-state index in [0.29, 0.717) is 0 Å². The lowest BCUT2D eigenvalue weighted by molar-refractivity contribution is -0.123. The van der Waals surface area contributed by atoms with Crippen molar-refractivity contribution in [3.05, 3.63) is 35.6 Å². The zero-order valence-electron chi connectivity index (χ0n) is 9.87. The summed E-state index contributed by atoms with van der Waals surface area (Å²) in [4.78, 5) is 11.8. The molecule has 1 aliphatic rings. The summed E-state index contributed by atoms with van der Waals surface area (Å²) in [5.41, 5.74) is 0.788. The van der Waals surface area contributed by atoms with Gasteiger partial charge in [0.15, 0.2) is 0 Å². The summed E-state index contributed by atoms with van der Waals surface area (Å²) in [6, 6.07) is 6.06. The van der Waals surface area contributed by atoms with Crippen LogP contribution >= 0.6 is 0 Å². The fourth-order valence-corrected chi connectivity index (χ4v) is 2.08. The number of carbonyl (C=O) groups excluding carboxylic acids is 1.